The summed E-state index contributed by atoms with van der Waals surface area (Å²) < 4.78 is 212. The van der Waals surface area contributed by atoms with E-state index in [0.717, 1.165) is 42.5 Å². The van der Waals surface area contributed by atoms with Crippen molar-refractivity contribution in [3.63, 3.8) is 0 Å². The maximum absolute atomic E-state index is 13.1. The normalized spacial score (nSPS) is 13.2. The second-order valence-electron chi connectivity index (χ2n) is 17.1. The second-order valence-corrected chi connectivity index (χ2v) is 26.3. The number of aromatic hydroxyl groups is 3. The molecule has 0 fully saturated rings. The highest BCUT2D eigenvalue weighted by molar-refractivity contribution is 7.87. The molecule has 0 unspecified atom stereocenters. The molecule has 0 saturated carbocycles. The molecule has 0 aromatic heterocycles. The third-order valence-corrected chi connectivity index (χ3v) is 17.5. The number of nitrogens with zero attached hydrogens (tertiary/aromatic N) is 8. The van der Waals surface area contributed by atoms with Crippen LogP contribution in [0.15, 0.2) is 155 Å². The molecule has 8 rings (SSSR count). The number of azo groups is 4. The van der Waals surface area contributed by atoms with Gasteiger partial charge in [0.2, 0.25) is 0 Å². The number of nitrogen functional groups attached to an aromatic ring is 1. The first-order valence-electron chi connectivity index (χ1n) is 22.0. The zero-order valence-electron chi connectivity index (χ0n) is 41.1. The summed E-state index contributed by atoms with van der Waals surface area (Å²) in [6.07, 6.45) is 0. The summed E-state index contributed by atoms with van der Waals surface area (Å²) >= 11 is 12.0. The maximum Gasteiger partial charge on any atom is 0.338 e. The van der Waals surface area contributed by atoms with Gasteiger partial charge in [0.25, 0.3) is 60.7 Å². The highest BCUT2D eigenvalue weighted by Crippen LogP contribution is 2.51. The summed E-state index contributed by atoms with van der Waals surface area (Å²) in [4.78, 5) is 16.0. The lowest BCUT2D eigenvalue weighted by molar-refractivity contribution is 0.0686. The van der Waals surface area contributed by atoms with Gasteiger partial charge in [-0.25, -0.2) is 9.59 Å². The van der Waals surface area contributed by atoms with Crippen LogP contribution >= 0.6 is 23.2 Å². The number of fused-ring (bicyclic) bond motifs is 3. The highest BCUT2D eigenvalue weighted by atomic mass is 35.5. The number of halogens is 2. The van der Waals surface area contributed by atoms with Crippen molar-refractivity contribution in [1.29, 1.82) is 0 Å². The molecule has 86 heavy (non-hydrogen) atoms. The molecular formula is C44H27Cl2N9O25S6. The van der Waals surface area contributed by atoms with Gasteiger partial charge in [-0.1, -0.05) is 23.2 Å². The van der Waals surface area contributed by atoms with Crippen molar-refractivity contribution in [2.24, 2.45) is 40.9 Å². The SMILES string of the molecule is Nc1c(N=Nc2ccc3c(O)c(N=Nc4c(Cl)cc(Cl)cc4C(=O)O)c(S(=O)(=O)O)cc3c2S(=O)(=O)O)cc(S(=O)(=O)O)c2cc(S(=O)(=O)O)c(N=Nc3ccc4c(O)c(N=Nc5ccc(S(=O)(=O)O)cc5C(=O)O)c(S(=O)(=O)O)cc4c3)c(O)c12. The van der Waals surface area contributed by atoms with Crippen molar-refractivity contribution in [3.05, 3.63) is 106 Å². The lowest BCUT2D eigenvalue weighted by Crippen LogP contribution is -2.04. The Hall–Kier alpha value is -8.88. The number of carboxylic acid groups (broad SMARTS) is 2. The van der Waals surface area contributed by atoms with E-state index < -0.39 is 208 Å². The number of anilines is 1. The molecular weight excluding hydrogens is 1320 g/mol. The topological polar surface area (TPSA) is 586 Å². The fourth-order valence-electron chi connectivity index (χ4n) is 8.00. The van der Waals surface area contributed by atoms with E-state index in [-0.39, 0.29) is 15.8 Å². The van der Waals surface area contributed by atoms with Crippen LogP contribution in [0.25, 0.3) is 32.3 Å². The summed E-state index contributed by atoms with van der Waals surface area (Å²) in [5.74, 6) is -7.32. The molecule has 8 aromatic rings. The number of hydrogen-bond donors (Lipinski definition) is 12. The van der Waals surface area contributed by atoms with E-state index >= 15 is 0 Å². The van der Waals surface area contributed by atoms with Crippen LogP contribution in [0, 0.1) is 0 Å². The van der Waals surface area contributed by atoms with Crippen LogP contribution in [-0.2, 0) is 60.7 Å². The van der Waals surface area contributed by atoms with E-state index in [9.17, 15) is 113 Å². The Morgan fingerprint density at radius 2 is 0.884 bits per heavy atom. The third kappa shape index (κ3) is 12.4. The van der Waals surface area contributed by atoms with Crippen LogP contribution in [0.2, 0.25) is 10.0 Å². The van der Waals surface area contributed by atoms with E-state index in [0.29, 0.717) is 42.5 Å². The monoisotopic (exact) mass is 1340 g/mol. The number of aromatic carboxylic acids is 2. The Bertz CT molecular complexity index is 5260. The van der Waals surface area contributed by atoms with Gasteiger partial charge in [0.15, 0.2) is 17.2 Å². The molecule has 0 saturated heterocycles. The Morgan fingerprint density at radius 1 is 0.407 bits per heavy atom. The first-order valence-corrected chi connectivity index (χ1v) is 31.3. The van der Waals surface area contributed by atoms with Crippen molar-refractivity contribution in [2.75, 3.05) is 5.73 Å². The van der Waals surface area contributed by atoms with Crippen LogP contribution in [-0.4, -0.2) is 115 Å². The van der Waals surface area contributed by atoms with Crippen LogP contribution in [0.1, 0.15) is 20.7 Å². The molecule has 0 bridgehead atoms. The Balaban J connectivity index is 1.27. The van der Waals surface area contributed by atoms with Gasteiger partial charge in [0, 0.05) is 26.6 Å². The van der Waals surface area contributed by atoms with Crippen LogP contribution in [0.5, 0.6) is 17.2 Å². The molecule has 0 aliphatic carbocycles. The Kier molecular flexibility index (Phi) is 16.3. The van der Waals surface area contributed by atoms with Crippen LogP contribution in [0.3, 0.4) is 0 Å². The van der Waals surface area contributed by atoms with Crippen LogP contribution < -0.4 is 5.73 Å². The number of nitrogens with two attached hydrogens (primary N) is 1. The minimum absolute atomic E-state index is 0.192. The molecule has 0 atom stereocenters. The van der Waals surface area contributed by atoms with Gasteiger partial charge in [-0.2, -0.15) is 55.6 Å². The van der Waals surface area contributed by atoms with Gasteiger partial charge in [0.05, 0.1) is 37.8 Å². The third-order valence-electron chi connectivity index (χ3n) is 11.7. The van der Waals surface area contributed by atoms with Crippen molar-refractivity contribution in [1.82, 2.24) is 0 Å². The molecule has 0 heterocycles. The van der Waals surface area contributed by atoms with Gasteiger partial charge < -0.3 is 31.3 Å². The fraction of sp³-hybridized carbons (Fsp3) is 0. The van der Waals surface area contributed by atoms with Crippen molar-refractivity contribution < 1.29 is 113 Å². The summed E-state index contributed by atoms with van der Waals surface area (Å²) in [5, 5.41) is 77.5. The van der Waals surface area contributed by atoms with Crippen LogP contribution in [0.4, 0.5) is 51.2 Å². The van der Waals surface area contributed by atoms with Crippen molar-refractivity contribution >= 4 is 179 Å². The summed E-state index contributed by atoms with van der Waals surface area (Å²) in [7, 11) is -33.0. The summed E-state index contributed by atoms with van der Waals surface area (Å²) in [5.41, 5.74) is -3.42. The molecule has 448 valence electrons. The largest absolute Gasteiger partial charge is 0.505 e. The van der Waals surface area contributed by atoms with Gasteiger partial charge in [-0.15, -0.1) is 35.8 Å². The zero-order valence-corrected chi connectivity index (χ0v) is 47.5. The van der Waals surface area contributed by atoms with Gasteiger partial charge >= 0.3 is 11.9 Å². The minimum Gasteiger partial charge on any atom is -0.505 e. The number of carbonyl (C=O) groups is 2. The number of benzene rings is 8. The highest BCUT2D eigenvalue weighted by Gasteiger charge is 2.32. The standard InChI is InChI=1S/C44H27Cl2N9O25S6/c45-16-9-24(44(61)62)35(25(46)10-16)52-55-37-31(84(72,73)74)12-21-20(40(37)57)4-6-27(42(21)86(78,79)80)50-51-28-14-29(82(66,67)68)23-13-32(85(75,76)77)38(41(58)33(23)34(28)47)53-48-17-1-3-19-15(7-17)8-30(83(69,70)71)36(39(19)56)54-49-26-5-2-18(81(63,64)65)11-22(26)43(59)60/h1-14,56-58H,47H2,(H,59,60)(H,61,62)(H,63,64,65)(H,66,67,68)(H,69,70,71)(H,72,73,74)(H,75,76,77)(H,78,79,80). The van der Waals surface area contributed by atoms with E-state index in [1.54, 1.807) is 0 Å². The molecule has 34 nitrogen and oxygen atoms in total. The minimum atomic E-state index is -5.71. The summed E-state index contributed by atoms with van der Waals surface area (Å²) in [6, 6.07) is 9.81. The average Bonchev–Trinajstić information content (AvgIpc) is 0.857. The fourth-order valence-corrected chi connectivity index (χ4v) is 12.5. The number of phenolic OH excluding ortho intramolecular Hbond substituents is 3. The molecule has 0 spiro atoms. The van der Waals surface area contributed by atoms with E-state index in [4.69, 9.17) is 28.9 Å². The van der Waals surface area contributed by atoms with E-state index in [1.165, 1.54) is 0 Å². The lowest BCUT2D eigenvalue weighted by atomic mass is 10.0. The van der Waals surface area contributed by atoms with Gasteiger partial charge in [0.1, 0.15) is 64.3 Å². The number of hydrogen-bond acceptors (Lipinski definition) is 26. The second kappa shape index (κ2) is 22.2. The van der Waals surface area contributed by atoms with Crippen molar-refractivity contribution in [3.8, 4) is 17.2 Å². The molecule has 0 radical (unpaired) electrons. The Morgan fingerprint density at radius 3 is 1.44 bits per heavy atom. The average molecular weight is 1350 g/mol. The molecule has 13 N–H and O–H groups in total. The van der Waals surface area contributed by atoms with E-state index in [1.807, 2.05) is 0 Å². The first-order chi connectivity index (χ1) is 39.6. The van der Waals surface area contributed by atoms with Crippen molar-refractivity contribution in [2.45, 2.75) is 29.4 Å². The molecule has 8 aromatic carbocycles. The molecule has 42 heteroatoms. The quantitative estimate of drug-likeness (QED) is 0.0243. The smallest absolute Gasteiger partial charge is 0.338 e. The molecule has 0 aliphatic rings. The predicted molar refractivity (Wildman–Crippen MR) is 294 cm³/mol. The van der Waals surface area contributed by atoms with E-state index in [2.05, 4.69) is 40.9 Å². The molecule has 0 aliphatic heterocycles. The lowest BCUT2D eigenvalue weighted by Gasteiger charge is -2.15. The number of phenols is 3. The maximum atomic E-state index is 13.1. The summed E-state index contributed by atoms with van der Waals surface area (Å²) in [6.45, 7) is 0. The zero-order chi connectivity index (χ0) is 63.9. The van der Waals surface area contributed by atoms with Gasteiger partial charge in [-0.05, 0) is 90.3 Å². The Labute approximate surface area is 488 Å². The predicted octanol–water partition coefficient (Wildman–Crippen LogP) is 9.69. The first kappa shape index (κ1) is 63.1. The number of rotatable bonds is 16. The van der Waals surface area contributed by atoms with Gasteiger partial charge in [-0.3, -0.25) is 27.3 Å². The number of carboxylic acids is 2. The molecule has 0 amide bonds.